The monoisotopic (exact) mass is 280 g/mol. The van der Waals surface area contributed by atoms with Crippen molar-refractivity contribution in [2.75, 3.05) is 18.0 Å². The van der Waals surface area contributed by atoms with Crippen LogP contribution >= 0.6 is 0 Å². The normalized spacial score (nSPS) is 14.9. The molecule has 1 aliphatic heterocycles. The second-order valence-corrected chi connectivity index (χ2v) is 4.64. The Bertz CT molecular complexity index is 613. The van der Waals surface area contributed by atoms with Gasteiger partial charge in [0.05, 0.1) is 16.6 Å². The predicted octanol–water partition coefficient (Wildman–Crippen LogP) is 2.59. The number of anilines is 1. The summed E-state index contributed by atoms with van der Waals surface area (Å²) in [4.78, 5) is 23.0. The number of halogens is 1. The Morgan fingerprint density at radius 1 is 1.50 bits per heavy atom. The third kappa shape index (κ3) is 2.61. The van der Waals surface area contributed by atoms with E-state index in [1.807, 2.05) is 13.0 Å². The molecule has 0 unspecified atom stereocenters. The third-order valence-corrected chi connectivity index (χ3v) is 3.16. The topological polar surface area (TPSA) is 83.7 Å². The number of benzene rings is 1. The molecular weight excluding hydrogens is 267 g/mol. The van der Waals surface area contributed by atoms with Crippen molar-refractivity contribution in [2.24, 2.45) is 0 Å². The molecule has 1 aliphatic rings. The van der Waals surface area contributed by atoms with E-state index in [0.29, 0.717) is 25.6 Å². The molecule has 1 aromatic rings. The van der Waals surface area contributed by atoms with Crippen LogP contribution in [0.4, 0.5) is 15.8 Å². The molecule has 0 atom stereocenters. The number of carboxylic acid groups (broad SMARTS) is 1. The molecule has 0 bridgehead atoms. The van der Waals surface area contributed by atoms with Gasteiger partial charge in [-0.25, -0.2) is 9.18 Å². The number of nitrogens with zero attached hydrogens (tertiary/aromatic N) is 2. The van der Waals surface area contributed by atoms with Crippen LogP contribution in [-0.4, -0.2) is 29.1 Å². The Kier molecular flexibility index (Phi) is 3.69. The molecule has 1 heterocycles. The van der Waals surface area contributed by atoms with Crippen LogP contribution in [0.15, 0.2) is 23.8 Å². The molecule has 1 N–H and O–H groups in total. The van der Waals surface area contributed by atoms with Gasteiger partial charge < -0.3 is 10.0 Å². The summed E-state index contributed by atoms with van der Waals surface area (Å²) < 4.78 is 13.6. The van der Waals surface area contributed by atoms with E-state index >= 15 is 0 Å². The van der Waals surface area contributed by atoms with E-state index in [-0.39, 0.29) is 5.69 Å². The van der Waals surface area contributed by atoms with Gasteiger partial charge in [0.25, 0.3) is 5.69 Å². The number of nitro groups is 1. The Balaban J connectivity index is 2.54. The molecule has 2 rings (SSSR count). The summed E-state index contributed by atoms with van der Waals surface area (Å²) in [6.45, 7) is 2.88. The van der Waals surface area contributed by atoms with Crippen LogP contribution in [0.3, 0.4) is 0 Å². The lowest BCUT2D eigenvalue weighted by atomic mass is 10.1. The van der Waals surface area contributed by atoms with E-state index in [0.717, 1.165) is 11.6 Å². The minimum atomic E-state index is -1.44. The molecule has 6 nitrogen and oxygen atoms in total. The van der Waals surface area contributed by atoms with Gasteiger partial charge in [-0.15, -0.1) is 0 Å². The Hall–Kier alpha value is -2.44. The highest BCUT2D eigenvalue weighted by molar-refractivity contribution is 5.90. The van der Waals surface area contributed by atoms with Crippen LogP contribution in [0.25, 0.3) is 0 Å². The van der Waals surface area contributed by atoms with Crippen molar-refractivity contribution in [1.82, 2.24) is 0 Å². The van der Waals surface area contributed by atoms with Crippen LogP contribution in [0.1, 0.15) is 23.7 Å². The number of aromatic carboxylic acids is 1. The van der Waals surface area contributed by atoms with Gasteiger partial charge in [0.15, 0.2) is 0 Å². The standard InChI is InChI=1S/C13H13FN2O4/c1-8-3-2-4-15(7-8)11-5-9(13(17)18)10(14)6-12(11)16(19)20/h3,5-6H,2,4,7H2,1H3,(H,17,18). The van der Waals surface area contributed by atoms with E-state index in [4.69, 9.17) is 5.11 Å². The number of hydrogen-bond donors (Lipinski definition) is 1. The maximum atomic E-state index is 13.6. The molecule has 0 aromatic heterocycles. The average molecular weight is 280 g/mol. The summed E-state index contributed by atoms with van der Waals surface area (Å²) in [6, 6.07) is 1.71. The molecule has 20 heavy (non-hydrogen) atoms. The van der Waals surface area contributed by atoms with E-state index in [1.54, 1.807) is 4.90 Å². The summed E-state index contributed by atoms with van der Waals surface area (Å²) in [5.74, 6) is -2.54. The molecule has 106 valence electrons. The molecule has 0 aliphatic carbocycles. The maximum Gasteiger partial charge on any atom is 0.338 e. The molecule has 0 saturated heterocycles. The molecule has 1 aromatic carbocycles. The average Bonchev–Trinajstić information content (AvgIpc) is 2.37. The maximum absolute atomic E-state index is 13.6. The first-order valence-corrected chi connectivity index (χ1v) is 6.02. The second kappa shape index (κ2) is 5.28. The van der Waals surface area contributed by atoms with Crippen molar-refractivity contribution in [3.8, 4) is 0 Å². The van der Waals surface area contributed by atoms with Gasteiger partial charge in [-0.3, -0.25) is 10.1 Å². The fraction of sp³-hybridized carbons (Fsp3) is 0.308. The van der Waals surface area contributed by atoms with Crippen LogP contribution in [-0.2, 0) is 0 Å². The van der Waals surface area contributed by atoms with Crippen molar-refractivity contribution in [1.29, 1.82) is 0 Å². The highest BCUT2D eigenvalue weighted by Crippen LogP contribution is 2.32. The lowest BCUT2D eigenvalue weighted by molar-refractivity contribution is -0.384. The van der Waals surface area contributed by atoms with Crippen molar-refractivity contribution in [3.05, 3.63) is 45.3 Å². The Morgan fingerprint density at radius 2 is 2.20 bits per heavy atom. The lowest BCUT2D eigenvalue weighted by Crippen LogP contribution is -2.30. The predicted molar refractivity (Wildman–Crippen MR) is 70.6 cm³/mol. The summed E-state index contributed by atoms with van der Waals surface area (Å²) in [5.41, 5.74) is 0.202. The summed E-state index contributed by atoms with van der Waals surface area (Å²) >= 11 is 0. The summed E-state index contributed by atoms with van der Waals surface area (Å²) in [5, 5.41) is 20.0. The lowest BCUT2D eigenvalue weighted by Gasteiger charge is -2.28. The molecule has 0 radical (unpaired) electrons. The SMILES string of the molecule is CC1=CCCN(c2cc(C(=O)O)c(F)cc2[N+](=O)[O-])C1. The molecular formula is C13H13FN2O4. The minimum Gasteiger partial charge on any atom is -0.478 e. The molecule has 0 saturated carbocycles. The van der Waals surface area contributed by atoms with Gasteiger partial charge in [0.1, 0.15) is 11.5 Å². The van der Waals surface area contributed by atoms with Crippen LogP contribution in [0.2, 0.25) is 0 Å². The molecule has 0 spiro atoms. The molecule has 7 heteroatoms. The van der Waals surface area contributed by atoms with E-state index in [2.05, 4.69) is 0 Å². The van der Waals surface area contributed by atoms with Gasteiger partial charge >= 0.3 is 5.97 Å². The van der Waals surface area contributed by atoms with E-state index < -0.39 is 28.0 Å². The fourth-order valence-electron chi connectivity index (χ4n) is 2.23. The van der Waals surface area contributed by atoms with Crippen LogP contribution in [0, 0.1) is 15.9 Å². The largest absolute Gasteiger partial charge is 0.478 e. The molecule has 0 amide bonds. The first-order chi connectivity index (χ1) is 9.40. The Labute approximate surface area is 114 Å². The van der Waals surface area contributed by atoms with Crippen molar-refractivity contribution in [2.45, 2.75) is 13.3 Å². The molecule has 0 fully saturated rings. The number of hydrogen-bond acceptors (Lipinski definition) is 4. The number of nitro benzene ring substituents is 1. The number of carboxylic acids is 1. The highest BCUT2D eigenvalue weighted by Gasteiger charge is 2.26. The van der Waals surface area contributed by atoms with Gasteiger partial charge in [-0.05, 0) is 19.4 Å². The van der Waals surface area contributed by atoms with Crippen LogP contribution < -0.4 is 4.90 Å². The fourth-order valence-corrected chi connectivity index (χ4v) is 2.23. The van der Waals surface area contributed by atoms with Gasteiger partial charge in [0.2, 0.25) is 0 Å². The first kappa shape index (κ1) is 14.0. The number of carbonyl (C=O) groups is 1. The second-order valence-electron chi connectivity index (χ2n) is 4.64. The zero-order valence-electron chi connectivity index (χ0n) is 10.8. The minimum absolute atomic E-state index is 0.140. The van der Waals surface area contributed by atoms with Gasteiger partial charge in [-0.2, -0.15) is 0 Å². The van der Waals surface area contributed by atoms with E-state index in [1.165, 1.54) is 0 Å². The van der Waals surface area contributed by atoms with Gasteiger partial charge in [-0.1, -0.05) is 11.6 Å². The smallest absolute Gasteiger partial charge is 0.338 e. The Morgan fingerprint density at radius 3 is 2.75 bits per heavy atom. The van der Waals surface area contributed by atoms with Crippen molar-refractivity contribution >= 4 is 17.3 Å². The summed E-state index contributed by atoms with van der Waals surface area (Å²) in [6.07, 6.45) is 2.73. The zero-order chi connectivity index (χ0) is 14.9. The highest BCUT2D eigenvalue weighted by atomic mass is 19.1. The van der Waals surface area contributed by atoms with Crippen molar-refractivity contribution in [3.63, 3.8) is 0 Å². The summed E-state index contributed by atoms with van der Waals surface area (Å²) in [7, 11) is 0. The third-order valence-electron chi connectivity index (χ3n) is 3.16. The van der Waals surface area contributed by atoms with Crippen LogP contribution in [0.5, 0.6) is 0 Å². The zero-order valence-corrected chi connectivity index (χ0v) is 10.8. The van der Waals surface area contributed by atoms with Crippen molar-refractivity contribution < 1.29 is 19.2 Å². The van der Waals surface area contributed by atoms with E-state index in [9.17, 15) is 19.3 Å². The quantitative estimate of drug-likeness (QED) is 0.522. The number of rotatable bonds is 3. The first-order valence-electron chi connectivity index (χ1n) is 6.02. The van der Waals surface area contributed by atoms with Gasteiger partial charge in [0, 0.05) is 13.1 Å².